The van der Waals surface area contributed by atoms with Gasteiger partial charge in [0.25, 0.3) is 0 Å². The van der Waals surface area contributed by atoms with Crippen LogP contribution in [0, 0.1) is 11.7 Å². The molecule has 0 aliphatic heterocycles. The van der Waals surface area contributed by atoms with Crippen molar-refractivity contribution in [1.82, 2.24) is 5.32 Å². The average Bonchev–Trinajstić information content (AvgIpc) is 2.35. The third kappa shape index (κ3) is 4.24. The zero-order valence-electron chi connectivity index (χ0n) is 11.1. The highest BCUT2D eigenvalue weighted by Gasteiger charge is 2.18. The zero-order chi connectivity index (χ0) is 13.5. The van der Waals surface area contributed by atoms with E-state index in [1.165, 1.54) is 12.1 Å². The summed E-state index contributed by atoms with van der Waals surface area (Å²) in [5.41, 5.74) is 1.01. The summed E-state index contributed by atoms with van der Waals surface area (Å²) in [5, 5.41) is 12.8. The maximum absolute atomic E-state index is 12.9. The van der Waals surface area contributed by atoms with Gasteiger partial charge in [-0.3, -0.25) is 0 Å². The summed E-state index contributed by atoms with van der Waals surface area (Å²) < 4.78 is 12.9. The van der Waals surface area contributed by atoms with E-state index in [2.05, 4.69) is 25.7 Å². The first-order chi connectivity index (χ1) is 8.58. The first-order valence-electron chi connectivity index (χ1n) is 6.31. The molecule has 100 valence electrons. The highest BCUT2D eigenvalue weighted by molar-refractivity contribution is 5.20. The summed E-state index contributed by atoms with van der Waals surface area (Å²) in [6.45, 7) is 7.95. The van der Waals surface area contributed by atoms with Crippen molar-refractivity contribution in [3.63, 3.8) is 0 Å². The molecule has 1 aromatic carbocycles. The monoisotopic (exact) mass is 251 g/mol. The summed E-state index contributed by atoms with van der Waals surface area (Å²) in [6.07, 6.45) is 2.57. The van der Waals surface area contributed by atoms with Crippen LogP contribution >= 0.6 is 0 Å². The van der Waals surface area contributed by atoms with Crippen molar-refractivity contribution in [3.8, 4) is 0 Å². The number of halogens is 1. The molecule has 2 atom stereocenters. The largest absolute Gasteiger partial charge is 0.395 e. The first-order valence-corrected chi connectivity index (χ1v) is 6.31. The second-order valence-electron chi connectivity index (χ2n) is 4.83. The fourth-order valence-electron chi connectivity index (χ4n) is 1.88. The predicted octanol–water partition coefficient (Wildman–Crippen LogP) is 3.05. The van der Waals surface area contributed by atoms with E-state index in [1.54, 1.807) is 12.1 Å². The van der Waals surface area contributed by atoms with E-state index in [9.17, 15) is 9.50 Å². The summed E-state index contributed by atoms with van der Waals surface area (Å²) in [5.74, 6) is 0.0986. The number of hydrogen-bond acceptors (Lipinski definition) is 2. The molecule has 0 unspecified atom stereocenters. The van der Waals surface area contributed by atoms with Crippen LogP contribution in [-0.4, -0.2) is 17.8 Å². The van der Waals surface area contributed by atoms with E-state index >= 15 is 0 Å². The van der Waals surface area contributed by atoms with Gasteiger partial charge in [-0.1, -0.05) is 32.1 Å². The summed E-state index contributed by atoms with van der Waals surface area (Å²) in [7, 11) is 0. The van der Waals surface area contributed by atoms with Crippen LogP contribution in [0.25, 0.3) is 0 Å². The number of benzene rings is 1. The van der Waals surface area contributed by atoms with E-state index in [-0.39, 0.29) is 24.5 Å². The highest BCUT2D eigenvalue weighted by atomic mass is 19.1. The first kappa shape index (κ1) is 14.9. The molecule has 18 heavy (non-hydrogen) atoms. The van der Waals surface area contributed by atoms with Gasteiger partial charge in [0.05, 0.1) is 6.61 Å². The Morgan fingerprint density at radius 2 is 1.94 bits per heavy atom. The number of aliphatic hydroxyl groups is 1. The van der Waals surface area contributed by atoms with Crippen molar-refractivity contribution in [3.05, 3.63) is 48.3 Å². The summed E-state index contributed by atoms with van der Waals surface area (Å²) in [4.78, 5) is 0. The topological polar surface area (TPSA) is 32.3 Å². The van der Waals surface area contributed by atoms with Crippen molar-refractivity contribution in [2.45, 2.75) is 32.4 Å². The third-order valence-corrected chi connectivity index (χ3v) is 3.09. The van der Waals surface area contributed by atoms with Gasteiger partial charge in [-0.15, -0.1) is 6.58 Å². The molecule has 1 rings (SSSR count). The Morgan fingerprint density at radius 3 is 2.39 bits per heavy atom. The lowest BCUT2D eigenvalue weighted by molar-refractivity contribution is 0.199. The number of nitrogens with one attached hydrogen (secondary N) is 1. The average molecular weight is 251 g/mol. The standard InChI is InChI=1S/C15H22FNO/c1-4-5-14(17-15(10-18)11(2)3)12-6-8-13(16)9-7-12/h4,6-9,11,14-15,17-18H,1,5,10H2,2-3H3/t14-,15+/m0/s1. The SMILES string of the molecule is C=CC[C@H](N[C@H](CO)C(C)C)c1ccc(F)cc1. The molecule has 0 saturated carbocycles. The molecule has 0 bridgehead atoms. The number of rotatable bonds is 7. The van der Waals surface area contributed by atoms with Crippen LogP contribution in [0.4, 0.5) is 4.39 Å². The Morgan fingerprint density at radius 1 is 1.33 bits per heavy atom. The molecule has 1 aromatic rings. The maximum Gasteiger partial charge on any atom is 0.123 e. The smallest absolute Gasteiger partial charge is 0.123 e. The molecular weight excluding hydrogens is 229 g/mol. The van der Waals surface area contributed by atoms with Gasteiger partial charge >= 0.3 is 0 Å². The van der Waals surface area contributed by atoms with Crippen LogP contribution in [0.5, 0.6) is 0 Å². The normalized spacial score (nSPS) is 14.5. The van der Waals surface area contributed by atoms with Crippen molar-refractivity contribution >= 4 is 0 Å². The van der Waals surface area contributed by atoms with E-state index < -0.39 is 0 Å². The van der Waals surface area contributed by atoms with Crippen molar-refractivity contribution in [2.75, 3.05) is 6.61 Å². The van der Waals surface area contributed by atoms with Crippen LogP contribution in [0.3, 0.4) is 0 Å². The number of aliphatic hydroxyl groups excluding tert-OH is 1. The minimum atomic E-state index is -0.237. The van der Waals surface area contributed by atoms with Crippen molar-refractivity contribution < 1.29 is 9.50 Å². The predicted molar refractivity (Wildman–Crippen MR) is 72.8 cm³/mol. The van der Waals surface area contributed by atoms with Crippen molar-refractivity contribution in [1.29, 1.82) is 0 Å². The quantitative estimate of drug-likeness (QED) is 0.730. The van der Waals surface area contributed by atoms with Crippen LogP contribution in [0.15, 0.2) is 36.9 Å². The molecule has 0 aromatic heterocycles. The van der Waals surface area contributed by atoms with E-state index in [0.29, 0.717) is 5.92 Å². The second-order valence-corrected chi connectivity index (χ2v) is 4.83. The zero-order valence-corrected chi connectivity index (χ0v) is 11.1. The van der Waals surface area contributed by atoms with Crippen LogP contribution < -0.4 is 5.32 Å². The molecule has 0 heterocycles. The Kier molecular flexibility index (Phi) is 6.02. The Bertz CT molecular complexity index is 361. The Hall–Kier alpha value is -1.19. The summed E-state index contributed by atoms with van der Waals surface area (Å²) >= 11 is 0. The lowest BCUT2D eigenvalue weighted by atomic mass is 9.99. The van der Waals surface area contributed by atoms with Crippen LogP contribution in [0.2, 0.25) is 0 Å². The Balaban J connectivity index is 2.81. The van der Waals surface area contributed by atoms with Gasteiger partial charge in [0.2, 0.25) is 0 Å². The van der Waals surface area contributed by atoms with E-state index in [0.717, 1.165) is 12.0 Å². The van der Waals surface area contributed by atoms with Crippen LogP contribution in [-0.2, 0) is 0 Å². The van der Waals surface area contributed by atoms with Gasteiger partial charge in [-0.25, -0.2) is 4.39 Å². The fourth-order valence-corrected chi connectivity index (χ4v) is 1.88. The lowest BCUT2D eigenvalue weighted by Crippen LogP contribution is -2.39. The second kappa shape index (κ2) is 7.29. The van der Waals surface area contributed by atoms with E-state index in [4.69, 9.17) is 0 Å². The number of hydrogen-bond donors (Lipinski definition) is 2. The summed E-state index contributed by atoms with van der Waals surface area (Å²) in [6, 6.07) is 6.53. The van der Waals surface area contributed by atoms with Gasteiger partial charge < -0.3 is 10.4 Å². The van der Waals surface area contributed by atoms with Gasteiger partial charge in [0.1, 0.15) is 5.82 Å². The molecule has 2 N–H and O–H groups in total. The molecule has 0 saturated heterocycles. The van der Waals surface area contributed by atoms with E-state index in [1.807, 2.05) is 6.08 Å². The molecule has 2 nitrogen and oxygen atoms in total. The van der Waals surface area contributed by atoms with Crippen molar-refractivity contribution in [2.24, 2.45) is 5.92 Å². The highest BCUT2D eigenvalue weighted by Crippen LogP contribution is 2.19. The fraction of sp³-hybridized carbons (Fsp3) is 0.467. The molecule has 0 aliphatic rings. The molecule has 0 spiro atoms. The van der Waals surface area contributed by atoms with Gasteiger partial charge in [0.15, 0.2) is 0 Å². The third-order valence-electron chi connectivity index (χ3n) is 3.09. The van der Waals surface area contributed by atoms with Crippen LogP contribution in [0.1, 0.15) is 31.9 Å². The van der Waals surface area contributed by atoms with Gasteiger partial charge in [0, 0.05) is 12.1 Å². The molecular formula is C15H22FNO. The molecule has 0 fully saturated rings. The van der Waals surface area contributed by atoms with Gasteiger partial charge in [-0.05, 0) is 30.0 Å². The molecule has 3 heteroatoms. The maximum atomic E-state index is 12.9. The molecule has 0 aliphatic carbocycles. The lowest BCUT2D eigenvalue weighted by Gasteiger charge is -2.26. The molecule has 0 amide bonds. The Labute approximate surface area is 109 Å². The minimum absolute atomic E-state index is 0.0278. The minimum Gasteiger partial charge on any atom is -0.395 e. The molecule has 0 radical (unpaired) electrons. The van der Waals surface area contributed by atoms with Gasteiger partial charge in [-0.2, -0.15) is 0 Å².